The third-order valence-electron chi connectivity index (χ3n) is 7.33. The predicted molar refractivity (Wildman–Crippen MR) is 155 cm³/mol. The zero-order valence-electron chi connectivity index (χ0n) is 21.4. The molecule has 4 aromatic rings. The number of pyridine rings is 1. The molecule has 2 heterocycles. The molecule has 0 unspecified atom stereocenters. The maximum atomic E-state index is 13.8. The summed E-state index contributed by atoms with van der Waals surface area (Å²) in [6.45, 7) is 8.81. The first-order valence-corrected chi connectivity index (χ1v) is 14.0. The van der Waals surface area contributed by atoms with E-state index in [2.05, 4.69) is 42.0 Å². The number of nitrogens with zero attached hydrogens (tertiary/aromatic N) is 1. The maximum Gasteiger partial charge on any atom is 0.257 e. The molecular formula is C30H30BrN3O2S. The quantitative estimate of drug-likeness (QED) is 0.263. The molecule has 1 aliphatic rings. The van der Waals surface area contributed by atoms with Crippen LogP contribution in [0.15, 0.2) is 53.0 Å². The van der Waals surface area contributed by atoms with E-state index < -0.39 is 5.91 Å². The van der Waals surface area contributed by atoms with Crippen LogP contribution < -0.4 is 11.1 Å². The number of anilines is 1. The van der Waals surface area contributed by atoms with Gasteiger partial charge >= 0.3 is 0 Å². The van der Waals surface area contributed by atoms with Crippen LogP contribution in [-0.4, -0.2) is 16.8 Å². The monoisotopic (exact) mass is 575 g/mol. The number of rotatable bonds is 4. The second-order valence-electron chi connectivity index (χ2n) is 10.9. The van der Waals surface area contributed by atoms with E-state index in [0.717, 1.165) is 56.2 Å². The van der Waals surface area contributed by atoms with E-state index >= 15 is 0 Å². The van der Waals surface area contributed by atoms with Crippen LogP contribution in [0, 0.1) is 18.3 Å². The van der Waals surface area contributed by atoms with Gasteiger partial charge in [0.25, 0.3) is 11.8 Å². The Morgan fingerprint density at radius 1 is 1.11 bits per heavy atom. The number of nitrogens with one attached hydrogen (secondary N) is 1. The number of primary amides is 1. The summed E-state index contributed by atoms with van der Waals surface area (Å²) in [5.41, 5.74) is 11.5. The molecule has 37 heavy (non-hydrogen) atoms. The van der Waals surface area contributed by atoms with Crippen molar-refractivity contribution < 1.29 is 9.59 Å². The maximum absolute atomic E-state index is 13.8. The van der Waals surface area contributed by atoms with Gasteiger partial charge in [-0.25, -0.2) is 4.98 Å². The topological polar surface area (TPSA) is 85.1 Å². The number of halogens is 1. The summed E-state index contributed by atoms with van der Waals surface area (Å²) >= 11 is 5.01. The summed E-state index contributed by atoms with van der Waals surface area (Å²) in [5, 5.41) is 4.32. The van der Waals surface area contributed by atoms with Crippen molar-refractivity contribution in [2.45, 2.75) is 47.0 Å². The molecule has 0 radical (unpaired) electrons. The molecule has 5 rings (SSSR count). The normalized spacial score (nSPS) is 15.4. The Morgan fingerprint density at radius 3 is 2.51 bits per heavy atom. The first kappa shape index (κ1) is 25.6. The molecule has 7 heteroatoms. The fourth-order valence-electron chi connectivity index (χ4n) is 5.10. The molecule has 0 saturated carbocycles. The number of hydrogen-bond acceptors (Lipinski definition) is 4. The van der Waals surface area contributed by atoms with Gasteiger partial charge in [0.15, 0.2) is 0 Å². The Morgan fingerprint density at radius 2 is 1.84 bits per heavy atom. The van der Waals surface area contributed by atoms with Gasteiger partial charge < -0.3 is 11.1 Å². The number of amides is 2. The van der Waals surface area contributed by atoms with E-state index in [1.807, 2.05) is 55.5 Å². The van der Waals surface area contributed by atoms with Crippen LogP contribution in [0.25, 0.3) is 22.2 Å². The van der Waals surface area contributed by atoms with E-state index in [0.29, 0.717) is 27.7 Å². The molecule has 0 spiro atoms. The summed E-state index contributed by atoms with van der Waals surface area (Å²) in [7, 11) is 0. The Kier molecular flexibility index (Phi) is 6.71. The van der Waals surface area contributed by atoms with Gasteiger partial charge in [0.1, 0.15) is 5.00 Å². The van der Waals surface area contributed by atoms with Gasteiger partial charge in [-0.15, -0.1) is 11.3 Å². The SMILES string of the molecule is Cc1ccc(-c2cc(C(=O)Nc3sc4c(c3C(N)=O)CC[C@H](C(C)(C)C)C4)c3cc(Br)ccc3n2)cc1. The first-order chi connectivity index (χ1) is 17.5. The van der Waals surface area contributed by atoms with Crippen molar-refractivity contribution in [3.8, 4) is 11.3 Å². The molecule has 190 valence electrons. The van der Waals surface area contributed by atoms with Crippen LogP contribution in [0.3, 0.4) is 0 Å². The number of carbonyl (C=O) groups excluding carboxylic acids is 2. The van der Waals surface area contributed by atoms with Crippen molar-refractivity contribution in [2.75, 3.05) is 5.32 Å². The highest BCUT2D eigenvalue weighted by Gasteiger charge is 2.33. The summed E-state index contributed by atoms with van der Waals surface area (Å²) in [6, 6.07) is 15.6. The largest absolute Gasteiger partial charge is 0.365 e. The second kappa shape index (κ2) is 9.69. The lowest BCUT2D eigenvalue weighted by atomic mass is 9.72. The number of benzene rings is 2. The minimum atomic E-state index is -0.496. The number of thiophene rings is 1. The minimum absolute atomic E-state index is 0.174. The van der Waals surface area contributed by atoms with Crippen molar-refractivity contribution >= 4 is 55.0 Å². The molecule has 2 amide bonds. The number of hydrogen-bond donors (Lipinski definition) is 2. The third kappa shape index (κ3) is 5.07. The fraction of sp³-hybridized carbons (Fsp3) is 0.300. The van der Waals surface area contributed by atoms with Crippen molar-refractivity contribution in [1.82, 2.24) is 4.98 Å². The Labute approximate surface area is 229 Å². The van der Waals surface area contributed by atoms with Gasteiger partial charge in [-0.2, -0.15) is 0 Å². The lowest BCUT2D eigenvalue weighted by Gasteiger charge is -2.33. The molecule has 2 aromatic carbocycles. The number of nitrogens with two attached hydrogens (primary N) is 1. The zero-order valence-corrected chi connectivity index (χ0v) is 23.8. The number of aryl methyl sites for hydroxylation is 1. The van der Waals surface area contributed by atoms with Crippen LogP contribution in [0.1, 0.15) is 63.9 Å². The second-order valence-corrected chi connectivity index (χ2v) is 12.9. The van der Waals surface area contributed by atoms with Gasteiger partial charge in [0.05, 0.1) is 22.3 Å². The number of fused-ring (bicyclic) bond motifs is 2. The van der Waals surface area contributed by atoms with Gasteiger partial charge in [0.2, 0.25) is 0 Å². The van der Waals surface area contributed by atoms with Gasteiger partial charge in [-0.1, -0.05) is 66.5 Å². The van der Waals surface area contributed by atoms with Crippen molar-refractivity contribution in [3.05, 3.63) is 80.1 Å². The van der Waals surface area contributed by atoms with Gasteiger partial charge in [0, 0.05) is 20.3 Å². The average Bonchev–Trinajstić information content (AvgIpc) is 3.20. The van der Waals surface area contributed by atoms with Gasteiger partial charge in [-0.3, -0.25) is 9.59 Å². The van der Waals surface area contributed by atoms with Crippen LogP contribution in [-0.2, 0) is 12.8 Å². The van der Waals surface area contributed by atoms with E-state index in [9.17, 15) is 9.59 Å². The van der Waals surface area contributed by atoms with Gasteiger partial charge in [-0.05, 0) is 67.3 Å². The Bertz CT molecular complexity index is 1530. The molecule has 0 aliphatic heterocycles. The molecule has 0 bridgehead atoms. The molecule has 5 nitrogen and oxygen atoms in total. The standard InChI is InChI=1S/C30H30BrN3O2S/c1-16-5-7-17(8-6-16)24-15-22(21-14-19(31)10-12-23(21)33-24)28(36)34-29-26(27(32)35)20-11-9-18(30(2,3)4)13-25(20)37-29/h5-8,10,12,14-15,18H,9,11,13H2,1-4H3,(H2,32,35)(H,34,36)/t18-/m0/s1. The highest BCUT2D eigenvalue weighted by atomic mass is 79.9. The van der Waals surface area contributed by atoms with Crippen LogP contribution in [0.2, 0.25) is 0 Å². The number of carbonyl (C=O) groups is 2. The summed E-state index contributed by atoms with van der Waals surface area (Å²) in [6.07, 6.45) is 2.69. The predicted octanol–water partition coefficient (Wildman–Crippen LogP) is 7.54. The highest BCUT2D eigenvalue weighted by Crippen LogP contribution is 2.44. The minimum Gasteiger partial charge on any atom is -0.365 e. The molecular weight excluding hydrogens is 546 g/mol. The molecule has 2 aromatic heterocycles. The van der Waals surface area contributed by atoms with E-state index in [4.69, 9.17) is 10.7 Å². The zero-order chi connectivity index (χ0) is 26.5. The molecule has 1 atom stereocenters. The molecule has 0 fully saturated rings. The number of aromatic nitrogens is 1. The lowest BCUT2D eigenvalue weighted by molar-refractivity contribution is 0.1000. The van der Waals surface area contributed by atoms with Crippen LogP contribution in [0.5, 0.6) is 0 Å². The molecule has 3 N–H and O–H groups in total. The van der Waals surface area contributed by atoms with E-state index in [1.165, 1.54) is 11.3 Å². The molecule has 1 aliphatic carbocycles. The van der Waals surface area contributed by atoms with E-state index in [-0.39, 0.29) is 11.3 Å². The summed E-state index contributed by atoms with van der Waals surface area (Å²) in [4.78, 5) is 32.3. The summed E-state index contributed by atoms with van der Waals surface area (Å²) in [5.74, 6) is -0.265. The van der Waals surface area contributed by atoms with E-state index in [1.54, 1.807) is 0 Å². The first-order valence-electron chi connectivity index (χ1n) is 12.4. The van der Waals surface area contributed by atoms with Crippen LogP contribution >= 0.6 is 27.3 Å². The Hall–Kier alpha value is -3.03. The van der Waals surface area contributed by atoms with Crippen molar-refractivity contribution in [2.24, 2.45) is 17.1 Å². The van der Waals surface area contributed by atoms with Crippen molar-refractivity contribution in [1.29, 1.82) is 0 Å². The van der Waals surface area contributed by atoms with Crippen molar-refractivity contribution in [3.63, 3.8) is 0 Å². The average molecular weight is 577 g/mol. The van der Waals surface area contributed by atoms with Crippen LogP contribution in [0.4, 0.5) is 5.00 Å². The summed E-state index contributed by atoms with van der Waals surface area (Å²) < 4.78 is 0.858. The fourth-order valence-corrected chi connectivity index (χ4v) is 6.79. The highest BCUT2D eigenvalue weighted by molar-refractivity contribution is 9.10. The third-order valence-corrected chi connectivity index (χ3v) is 8.99. The smallest absolute Gasteiger partial charge is 0.257 e. The molecule has 0 saturated heterocycles. The Balaban J connectivity index is 1.57. The lowest BCUT2D eigenvalue weighted by Crippen LogP contribution is -2.27.